The van der Waals surface area contributed by atoms with Crippen LogP contribution in [0.15, 0.2) is 36.7 Å². The summed E-state index contributed by atoms with van der Waals surface area (Å²) in [4.78, 5) is 17.6. The molecule has 9 heteroatoms. The van der Waals surface area contributed by atoms with Gasteiger partial charge in [-0.15, -0.1) is 0 Å². The lowest BCUT2D eigenvalue weighted by molar-refractivity contribution is 0.220. The van der Waals surface area contributed by atoms with Gasteiger partial charge in [0.25, 0.3) is 0 Å². The molecule has 1 unspecified atom stereocenters. The molecule has 0 radical (unpaired) electrons. The van der Waals surface area contributed by atoms with Gasteiger partial charge in [0.2, 0.25) is 11.9 Å². The average Bonchev–Trinajstić information content (AvgIpc) is 3.14. The number of hydrogen-bond donors (Lipinski definition) is 2. The molecule has 0 saturated carbocycles. The summed E-state index contributed by atoms with van der Waals surface area (Å²) >= 11 is 0. The average molecular weight is 488 g/mol. The van der Waals surface area contributed by atoms with Crippen LogP contribution in [-0.4, -0.2) is 41.4 Å². The maximum Gasteiger partial charge on any atom is 0.230 e. The van der Waals surface area contributed by atoms with Crippen LogP contribution in [0, 0.1) is 18.3 Å². The lowest BCUT2D eigenvalue weighted by Crippen LogP contribution is -2.45. The summed E-state index contributed by atoms with van der Waals surface area (Å²) in [6.45, 7) is 16.7. The minimum absolute atomic E-state index is 0.128. The molecule has 4 rings (SSSR count). The first kappa shape index (κ1) is 24.8. The number of hydrogen-bond acceptors (Lipinski definition) is 8. The van der Waals surface area contributed by atoms with Gasteiger partial charge in [-0.3, -0.25) is 5.32 Å². The van der Waals surface area contributed by atoms with Crippen LogP contribution >= 0.6 is 0 Å². The zero-order valence-corrected chi connectivity index (χ0v) is 22.5. The standard InChI is InChI=1S/C26H33N7OSi/c1-17-8-10-28-23(31-17)33-24-29-11-9-21(32-24)18-12-19(14-27)22-20(13-18)26(5,15-30-22)16-34-35(6,7)25(2,3)4/h8-13,30H,15-16H2,1-7H3,(H,28,29,31,32,33). The number of benzene rings is 1. The molecule has 0 saturated heterocycles. The maximum absolute atomic E-state index is 9.91. The van der Waals surface area contributed by atoms with Crippen LogP contribution in [0.25, 0.3) is 11.3 Å². The number of nitrogens with one attached hydrogen (secondary N) is 2. The molecule has 2 N–H and O–H groups in total. The number of anilines is 3. The molecule has 0 fully saturated rings. The summed E-state index contributed by atoms with van der Waals surface area (Å²) in [5, 5.41) is 16.6. The number of aryl methyl sites for hydroxylation is 1. The second-order valence-corrected chi connectivity index (χ2v) is 15.7. The Kier molecular flexibility index (Phi) is 6.38. The minimum atomic E-state index is -1.92. The molecule has 3 aromatic rings. The van der Waals surface area contributed by atoms with Crippen LogP contribution in [0.1, 0.15) is 44.5 Å². The Morgan fingerprint density at radius 3 is 2.49 bits per heavy atom. The lowest BCUT2D eigenvalue weighted by Gasteiger charge is -2.39. The highest BCUT2D eigenvalue weighted by Gasteiger charge is 2.42. The quantitative estimate of drug-likeness (QED) is 0.435. The van der Waals surface area contributed by atoms with E-state index >= 15 is 0 Å². The number of fused-ring (bicyclic) bond motifs is 1. The van der Waals surface area contributed by atoms with Crippen LogP contribution in [-0.2, 0) is 9.84 Å². The Bertz CT molecular complexity index is 1300. The SMILES string of the molecule is Cc1ccnc(Nc2nccc(-c3cc(C#N)c4c(c3)C(C)(CO[Si](C)(C)C(C)(C)C)CN4)n2)n1. The van der Waals surface area contributed by atoms with Crippen LogP contribution in [0.2, 0.25) is 18.1 Å². The smallest absolute Gasteiger partial charge is 0.230 e. The summed E-state index contributed by atoms with van der Waals surface area (Å²) in [6.07, 6.45) is 3.38. The van der Waals surface area contributed by atoms with E-state index in [4.69, 9.17) is 4.43 Å². The van der Waals surface area contributed by atoms with Gasteiger partial charge in [-0.05, 0) is 54.9 Å². The second kappa shape index (κ2) is 9.02. The van der Waals surface area contributed by atoms with Crippen LogP contribution in [0.5, 0.6) is 0 Å². The van der Waals surface area contributed by atoms with Gasteiger partial charge in [-0.1, -0.05) is 27.7 Å². The van der Waals surface area contributed by atoms with Gasteiger partial charge in [0, 0.05) is 42.2 Å². The fraction of sp³-hybridized carbons (Fsp3) is 0.423. The first-order chi connectivity index (χ1) is 16.4. The van der Waals surface area contributed by atoms with E-state index in [9.17, 15) is 5.26 Å². The van der Waals surface area contributed by atoms with Crippen molar-refractivity contribution in [1.29, 1.82) is 5.26 Å². The van der Waals surface area contributed by atoms with Crippen molar-refractivity contribution < 1.29 is 4.43 Å². The summed E-state index contributed by atoms with van der Waals surface area (Å²) in [5.74, 6) is 0.836. The van der Waals surface area contributed by atoms with E-state index in [1.165, 1.54) is 0 Å². The zero-order chi connectivity index (χ0) is 25.4. The monoisotopic (exact) mass is 487 g/mol. The van der Waals surface area contributed by atoms with Crippen molar-refractivity contribution in [1.82, 2.24) is 19.9 Å². The molecule has 1 aromatic carbocycles. The Morgan fingerprint density at radius 2 is 1.83 bits per heavy atom. The number of nitrogens with zero attached hydrogens (tertiary/aromatic N) is 5. The second-order valence-electron chi connectivity index (χ2n) is 10.9. The van der Waals surface area contributed by atoms with Crippen LogP contribution < -0.4 is 10.6 Å². The molecule has 2 aromatic heterocycles. The van der Waals surface area contributed by atoms with E-state index in [-0.39, 0.29) is 10.5 Å². The molecule has 0 bridgehead atoms. The molecule has 0 aliphatic carbocycles. The molecular formula is C26H33N7OSi. The normalized spacial score (nSPS) is 17.4. The van der Waals surface area contributed by atoms with Gasteiger partial charge < -0.3 is 9.74 Å². The van der Waals surface area contributed by atoms with Gasteiger partial charge in [0.1, 0.15) is 6.07 Å². The Hall–Kier alpha value is -3.35. The third-order valence-corrected chi connectivity index (χ3v) is 11.6. The van der Waals surface area contributed by atoms with Gasteiger partial charge in [-0.2, -0.15) is 5.26 Å². The zero-order valence-electron chi connectivity index (χ0n) is 21.5. The molecule has 35 heavy (non-hydrogen) atoms. The molecule has 0 amide bonds. The molecule has 1 aliphatic rings. The highest BCUT2D eigenvalue weighted by atomic mass is 28.4. The van der Waals surface area contributed by atoms with Crippen molar-refractivity contribution in [3.63, 3.8) is 0 Å². The summed E-state index contributed by atoms with van der Waals surface area (Å²) in [6, 6.07) is 10.0. The van der Waals surface area contributed by atoms with E-state index in [1.807, 2.05) is 25.1 Å². The summed E-state index contributed by atoms with van der Waals surface area (Å²) < 4.78 is 6.62. The van der Waals surface area contributed by atoms with Gasteiger partial charge in [-0.25, -0.2) is 19.9 Å². The van der Waals surface area contributed by atoms with E-state index in [0.717, 1.165) is 29.1 Å². The van der Waals surface area contributed by atoms with Crippen LogP contribution in [0.4, 0.5) is 17.6 Å². The van der Waals surface area contributed by atoms with Gasteiger partial charge in [0.15, 0.2) is 8.32 Å². The van der Waals surface area contributed by atoms with E-state index in [0.29, 0.717) is 29.8 Å². The van der Waals surface area contributed by atoms with Crippen molar-refractivity contribution in [2.24, 2.45) is 0 Å². The van der Waals surface area contributed by atoms with Gasteiger partial charge in [0.05, 0.1) is 16.9 Å². The van der Waals surface area contributed by atoms with Crippen molar-refractivity contribution >= 4 is 25.9 Å². The predicted octanol–water partition coefficient (Wildman–Crippen LogP) is 5.56. The molecule has 3 heterocycles. The highest BCUT2D eigenvalue weighted by molar-refractivity contribution is 6.74. The molecule has 182 valence electrons. The van der Waals surface area contributed by atoms with Crippen molar-refractivity contribution in [2.45, 2.75) is 58.2 Å². The molecule has 1 atom stereocenters. The fourth-order valence-corrected chi connectivity index (χ4v) is 4.91. The molecule has 1 aliphatic heterocycles. The first-order valence-corrected chi connectivity index (χ1v) is 14.7. The summed E-state index contributed by atoms with van der Waals surface area (Å²) in [7, 11) is -1.92. The summed E-state index contributed by atoms with van der Waals surface area (Å²) in [5.41, 5.74) is 4.74. The molecule has 8 nitrogen and oxygen atoms in total. The van der Waals surface area contributed by atoms with Crippen molar-refractivity contribution in [2.75, 3.05) is 23.8 Å². The highest BCUT2D eigenvalue weighted by Crippen LogP contribution is 2.43. The largest absolute Gasteiger partial charge is 0.416 e. The van der Waals surface area contributed by atoms with E-state index in [1.54, 1.807) is 12.4 Å². The van der Waals surface area contributed by atoms with Crippen LogP contribution in [0.3, 0.4) is 0 Å². The third kappa shape index (κ3) is 5.04. The Labute approximate surface area is 208 Å². The van der Waals surface area contributed by atoms with Gasteiger partial charge >= 0.3 is 0 Å². The maximum atomic E-state index is 9.91. The third-order valence-electron chi connectivity index (χ3n) is 7.09. The number of nitriles is 1. The Balaban J connectivity index is 1.67. The molecule has 0 spiro atoms. The van der Waals surface area contributed by atoms with Crippen molar-refractivity contribution in [3.8, 4) is 17.3 Å². The van der Waals surface area contributed by atoms with E-state index < -0.39 is 8.32 Å². The lowest BCUT2D eigenvalue weighted by atomic mass is 9.83. The predicted molar refractivity (Wildman–Crippen MR) is 141 cm³/mol. The number of aromatic nitrogens is 4. The topological polar surface area (TPSA) is 109 Å². The first-order valence-electron chi connectivity index (χ1n) is 11.8. The molecular weight excluding hydrogens is 454 g/mol. The Morgan fingerprint density at radius 1 is 1.14 bits per heavy atom. The fourth-order valence-electron chi connectivity index (χ4n) is 3.80. The number of rotatable bonds is 6. The minimum Gasteiger partial charge on any atom is -0.416 e. The van der Waals surface area contributed by atoms with Crippen molar-refractivity contribution in [3.05, 3.63) is 53.5 Å². The van der Waals surface area contributed by atoms with E-state index in [2.05, 4.69) is 83.5 Å².